The molecule has 0 amide bonds. The van der Waals surface area contributed by atoms with Crippen LogP contribution in [0.3, 0.4) is 0 Å². The largest absolute Gasteiger partial charge is 0.368 e. The van der Waals surface area contributed by atoms with Gasteiger partial charge in [0.25, 0.3) is 0 Å². The van der Waals surface area contributed by atoms with Crippen LogP contribution in [-0.4, -0.2) is 41.0 Å². The summed E-state index contributed by atoms with van der Waals surface area (Å²) in [4.78, 5) is 13.6. The summed E-state index contributed by atoms with van der Waals surface area (Å²) in [5.74, 6) is -0.212. The zero-order valence-electron chi connectivity index (χ0n) is 13.6. The summed E-state index contributed by atoms with van der Waals surface area (Å²) in [6.45, 7) is 6.72. The van der Waals surface area contributed by atoms with E-state index in [1.165, 1.54) is 6.07 Å². The zero-order chi connectivity index (χ0) is 16.5. The highest BCUT2D eigenvalue weighted by atomic mass is 32.1. The van der Waals surface area contributed by atoms with Crippen molar-refractivity contribution in [3.8, 4) is 0 Å². The first-order chi connectivity index (χ1) is 11.7. The number of benzene rings is 1. The van der Waals surface area contributed by atoms with Crippen molar-refractivity contribution < 1.29 is 4.39 Å². The average Bonchev–Trinajstić information content (AvgIpc) is 3.08. The summed E-state index contributed by atoms with van der Waals surface area (Å²) >= 11 is 1.64. The Morgan fingerprint density at radius 1 is 1.17 bits per heavy atom. The lowest BCUT2D eigenvalue weighted by atomic mass is 10.1. The lowest BCUT2D eigenvalue weighted by Gasteiger charge is -2.36. The molecule has 1 fully saturated rings. The Balaban J connectivity index is 1.55. The lowest BCUT2D eigenvalue weighted by Crippen LogP contribution is -2.46. The Morgan fingerprint density at radius 2 is 2.00 bits per heavy atom. The van der Waals surface area contributed by atoms with E-state index < -0.39 is 0 Å². The van der Waals surface area contributed by atoms with Crippen LogP contribution in [0.4, 0.5) is 10.1 Å². The Bertz CT molecular complexity index is 842. The molecule has 0 unspecified atom stereocenters. The smallest absolute Gasteiger partial charge is 0.124 e. The van der Waals surface area contributed by atoms with Crippen LogP contribution < -0.4 is 4.90 Å². The number of fused-ring (bicyclic) bond motifs is 1. The van der Waals surface area contributed by atoms with Crippen LogP contribution in [0.2, 0.25) is 0 Å². The second-order valence-corrected chi connectivity index (χ2v) is 6.91. The van der Waals surface area contributed by atoms with Crippen molar-refractivity contribution in [3.63, 3.8) is 0 Å². The van der Waals surface area contributed by atoms with Crippen LogP contribution in [0.1, 0.15) is 11.4 Å². The van der Waals surface area contributed by atoms with Crippen LogP contribution in [-0.2, 0) is 6.54 Å². The first-order valence-corrected chi connectivity index (χ1v) is 9.04. The second kappa shape index (κ2) is 6.45. The van der Waals surface area contributed by atoms with Gasteiger partial charge in [-0.15, -0.1) is 11.3 Å². The normalized spacial score (nSPS) is 16.0. The van der Waals surface area contributed by atoms with Gasteiger partial charge in [-0.2, -0.15) is 0 Å². The minimum absolute atomic E-state index is 0.212. The van der Waals surface area contributed by atoms with E-state index in [-0.39, 0.29) is 5.82 Å². The predicted octanol–water partition coefficient (Wildman–Crippen LogP) is 3.46. The standard InChI is InChI=1S/C18H19FN4S/c1-13-8-18(16-9-14(19)2-3-17(16)21-13)23-6-4-22(5-7-23)10-15-11-24-12-20-15/h2-3,8-9,11-12H,4-7,10H2,1H3. The van der Waals surface area contributed by atoms with Gasteiger partial charge in [0.1, 0.15) is 5.82 Å². The molecule has 0 bridgehead atoms. The van der Waals surface area contributed by atoms with Gasteiger partial charge < -0.3 is 4.90 Å². The number of aryl methyl sites for hydroxylation is 1. The fourth-order valence-corrected chi connectivity index (χ4v) is 3.81. The number of hydrogen-bond acceptors (Lipinski definition) is 5. The van der Waals surface area contributed by atoms with Crippen LogP contribution >= 0.6 is 11.3 Å². The van der Waals surface area contributed by atoms with E-state index in [0.717, 1.165) is 60.7 Å². The third-order valence-electron chi connectivity index (χ3n) is 4.46. The molecule has 0 aliphatic carbocycles. The van der Waals surface area contributed by atoms with Gasteiger partial charge in [0.05, 0.1) is 16.7 Å². The molecule has 24 heavy (non-hydrogen) atoms. The molecule has 4 nitrogen and oxygen atoms in total. The highest BCUT2D eigenvalue weighted by Crippen LogP contribution is 2.28. The molecule has 0 spiro atoms. The van der Waals surface area contributed by atoms with Gasteiger partial charge in [0.2, 0.25) is 0 Å². The molecule has 0 radical (unpaired) electrons. The quantitative estimate of drug-likeness (QED) is 0.730. The zero-order valence-corrected chi connectivity index (χ0v) is 14.4. The highest BCUT2D eigenvalue weighted by molar-refractivity contribution is 7.07. The molecule has 1 aliphatic heterocycles. The van der Waals surface area contributed by atoms with Crippen molar-refractivity contribution in [2.45, 2.75) is 13.5 Å². The first kappa shape index (κ1) is 15.5. The molecular weight excluding hydrogens is 323 g/mol. The fraction of sp³-hybridized carbons (Fsp3) is 0.333. The Labute approximate surface area is 144 Å². The van der Waals surface area contributed by atoms with E-state index in [2.05, 4.69) is 31.2 Å². The van der Waals surface area contributed by atoms with Gasteiger partial charge in [-0.05, 0) is 31.2 Å². The average molecular weight is 342 g/mol. The molecule has 1 aromatic carbocycles. The number of thiazole rings is 1. The minimum atomic E-state index is -0.212. The van der Waals surface area contributed by atoms with Crippen molar-refractivity contribution in [1.29, 1.82) is 0 Å². The molecular formula is C18H19FN4S. The molecule has 1 aliphatic rings. The summed E-state index contributed by atoms with van der Waals surface area (Å²) in [5.41, 5.74) is 5.93. The topological polar surface area (TPSA) is 32.3 Å². The van der Waals surface area contributed by atoms with Gasteiger partial charge in [-0.3, -0.25) is 9.88 Å². The summed E-state index contributed by atoms with van der Waals surface area (Å²) in [5, 5.41) is 3.00. The molecule has 6 heteroatoms. The van der Waals surface area contributed by atoms with Crippen molar-refractivity contribution >= 4 is 27.9 Å². The monoisotopic (exact) mass is 342 g/mol. The minimum Gasteiger partial charge on any atom is -0.368 e. The molecule has 0 atom stereocenters. The van der Waals surface area contributed by atoms with E-state index in [1.807, 2.05) is 12.4 Å². The highest BCUT2D eigenvalue weighted by Gasteiger charge is 2.20. The van der Waals surface area contributed by atoms with E-state index in [4.69, 9.17) is 0 Å². The van der Waals surface area contributed by atoms with Crippen molar-refractivity contribution in [2.75, 3.05) is 31.1 Å². The fourth-order valence-electron chi connectivity index (χ4n) is 3.26. The molecule has 0 N–H and O–H groups in total. The molecule has 3 heterocycles. The number of halogens is 1. The molecule has 3 aromatic rings. The summed E-state index contributed by atoms with van der Waals surface area (Å²) in [7, 11) is 0. The number of aromatic nitrogens is 2. The number of nitrogens with zero attached hydrogens (tertiary/aromatic N) is 4. The van der Waals surface area contributed by atoms with Crippen LogP contribution in [0.5, 0.6) is 0 Å². The van der Waals surface area contributed by atoms with E-state index in [1.54, 1.807) is 23.5 Å². The SMILES string of the molecule is Cc1cc(N2CCN(Cc3cscn3)CC2)c2cc(F)ccc2n1. The third kappa shape index (κ3) is 3.12. The van der Waals surface area contributed by atoms with Crippen LogP contribution in [0.15, 0.2) is 35.2 Å². The number of hydrogen-bond donors (Lipinski definition) is 0. The van der Waals surface area contributed by atoms with Gasteiger partial charge in [0, 0.05) is 54.9 Å². The number of piperazine rings is 1. The van der Waals surface area contributed by atoms with E-state index >= 15 is 0 Å². The molecule has 0 saturated carbocycles. The maximum Gasteiger partial charge on any atom is 0.124 e. The maximum atomic E-state index is 13.7. The lowest BCUT2D eigenvalue weighted by molar-refractivity contribution is 0.247. The Kier molecular flexibility index (Phi) is 4.16. The Morgan fingerprint density at radius 3 is 2.75 bits per heavy atom. The van der Waals surface area contributed by atoms with Gasteiger partial charge in [-0.25, -0.2) is 9.37 Å². The maximum absolute atomic E-state index is 13.7. The van der Waals surface area contributed by atoms with Gasteiger partial charge in [0.15, 0.2) is 0 Å². The van der Waals surface area contributed by atoms with Crippen molar-refractivity contribution in [1.82, 2.24) is 14.9 Å². The number of pyridine rings is 1. The predicted molar refractivity (Wildman–Crippen MR) is 96.0 cm³/mol. The molecule has 2 aromatic heterocycles. The molecule has 4 rings (SSSR count). The van der Waals surface area contributed by atoms with Gasteiger partial charge in [-0.1, -0.05) is 0 Å². The molecule has 124 valence electrons. The molecule has 1 saturated heterocycles. The number of anilines is 1. The van der Waals surface area contributed by atoms with Crippen LogP contribution in [0.25, 0.3) is 10.9 Å². The van der Waals surface area contributed by atoms with Crippen molar-refractivity contribution in [2.24, 2.45) is 0 Å². The van der Waals surface area contributed by atoms with E-state index in [0.29, 0.717) is 0 Å². The Hall–Kier alpha value is -2.05. The second-order valence-electron chi connectivity index (χ2n) is 6.19. The van der Waals surface area contributed by atoms with E-state index in [9.17, 15) is 4.39 Å². The first-order valence-electron chi connectivity index (χ1n) is 8.10. The summed E-state index contributed by atoms with van der Waals surface area (Å²) in [6.07, 6.45) is 0. The van der Waals surface area contributed by atoms with Crippen LogP contribution in [0, 0.1) is 12.7 Å². The summed E-state index contributed by atoms with van der Waals surface area (Å²) in [6, 6.07) is 6.90. The summed E-state index contributed by atoms with van der Waals surface area (Å²) < 4.78 is 13.7. The van der Waals surface area contributed by atoms with Crippen molar-refractivity contribution in [3.05, 3.63) is 52.4 Å². The third-order valence-corrected chi connectivity index (χ3v) is 5.09. The van der Waals surface area contributed by atoms with Gasteiger partial charge >= 0.3 is 0 Å². The number of rotatable bonds is 3.